The highest BCUT2D eigenvalue weighted by molar-refractivity contribution is 5.53. The van der Waals surface area contributed by atoms with Crippen LogP contribution in [0, 0.1) is 12.8 Å². The SMILES string of the molecule is CC.Cc1ccc(CC(C)C=O)cc1. The number of hydrogen-bond acceptors (Lipinski definition) is 1. The minimum Gasteiger partial charge on any atom is -0.303 e. The summed E-state index contributed by atoms with van der Waals surface area (Å²) in [5, 5.41) is 0. The van der Waals surface area contributed by atoms with Crippen LogP contribution in [0.1, 0.15) is 31.9 Å². The van der Waals surface area contributed by atoms with E-state index in [2.05, 4.69) is 31.2 Å². The van der Waals surface area contributed by atoms with Crippen molar-refractivity contribution in [2.45, 2.75) is 34.1 Å². The average molecular weight is 192 g/mol. The highest BCUT2D eigenvalue weighted by Crippen LogP contribution is 2.07. The monoisotopic (exact) mass is 192 g/mol. The van der Waals surface area contributed by atoms with Crippen molar-refractivity contribution in [3.63, 3.8) is 0 Å². The molecule has 0 aliphatic carbocycles. The smallest absolute Gasteiger partial charge is 0.123 e. The van der Waals surface area contributed by atoms with E-state index >= 15 is 0 Å². The van der Waals surface area contributed by atoms with Gasteiger partial charge in [-0.2, -0.15) is 0 Å². The Hall–Kier alpha value is -1.11. The van der Waals surface area contributed by atoms with Crippen molar-refractivity contribution in [1.82, 2.24) is 0 Å². The summed E-state index contributed by atoms with van der Waals surface area (Å²) >= 11 is 0. The van der Waals surface area contributed by atoms with E-state index < -0.39 is 0 Å². The molecule has 0 saturated heterocycles. The first kappa shape index (κ1) is 12.9. The van der Waals surface area contributed by atoms with Gasteiger partial charge >= 0.3 is 0 Å². The third kappa shape index (κ3) is 4.80. The Morgan fingerprint density at radius 2 is 1.71 bits per heavy atom. The molecule has 0 aromatic heterocycles. The van der Waals surface area contributed by atoms with Gasteiger partial charge in [-0.3, -0.25) is 0 Å². The zero-order valence-corrected chi connectivity index (χ0v) is 9.58. The summed E-state index contributed by atoms with van der Waals surface area (Å²) in [5.74, 6) is 0.132. The summed E-state index contributed by atoms with van der Waals surface area (Å²) in [6.45, 7) is 8.00. The largest absolute Gasteiger partial charge is 0.303 e. The molecule has 0 bridgehead atoms. The van der Waals surface area contributed by atoms with Gasteiger partial charge in [-0.05, 0) is 18.9 Å². The molecule has 1 rings (SSSR count). The molecule has 78 valence electrons. The fraction of sp³-hybridized carbons (Fsp3) is 0.462. The number of carbonyl (C=O) groups is 1. The van der Waals surface area contributed by atoms with E-state index in [0.29, 0.717) is 0 Å². The topological polar surface area (TPSA) is 17.1 Å². The molecule has 0 spiro atoms. The Kier molecular flexibility index (Phi) is 6.73. The Morgan fingerprint density at radius 1 is 1.21 bits per heavy atom. The van der Waals surface area contributed by atoms with Crippen molar-refractivity contribution < 1.29 is 4.79 Å². The van der Waals surface area contributed by atoms with E-state index in [1.807, 2.05) is 20.8 Å². The lowest BCUT2D eigenvalue weighted by Gasteiger charge is -2.03. The lowest BCUT2D eigenvalue weighted by molar-refractivity contribution is -0.110. The van der Waals surface area contributed by atoms with Crippen LogP contribution in [0.25, 0.3) is 0 Å². The standard InChI is InChI=1S/C11H14O.C2H6/c1-9-3-5-11(6-4-9)7-10(2)8-12;1-2/h3-6,8,10H,7H2,1-2H3;1-2H3. The van der Waals surface area contributed by atoms with Gasteiger partial charge in [0.2, 0.25) is 0 Å². The van der Waals surface area contributed by atoms with Crippen molar-refractivity contribution in [2.24, 2.45) is 5.92 Å². The molecule has 1 unspecified atom stereocenters. The van der Waals surface area contributed by atoms with Crippen LogP contribution in [0.5, 0.6) is 0 Å². The van der Waals surface area contributed by atoms with Crippen LogP contribution in [0.2, 0.25) is 0 Å². The van der Waals surface area contributed by atoms with Crippen molar-refractivity contribution >= 4 is 6.29 Å². The first-order valence-corrected chi connectivity index (χ1v) is 5.23. The molecule has 1 aromatic carbocycles. The number of hydrogen-bond donors (Lipinski definition) is 0. The van der Waals surface area contributed by atoms with Crippen LogP contribution in [0.15, 0.2) is 24.3 Å². The number of benzene rings is 1. The Morgan fingerprint density at radius 3 is 2.14 bits per heavy atom. The summed E-state index contributed by atoms with van der Waals surface area (Å²) in [6, 6.07) is 8.31. The predicted octanol–water partition coefficient (Wildman–Crippen LogP) is 3.40. The Labute approximate surface area is 87.2 Å². The summed E-state index contributed by atoms with van der Waals surface area (Å²) in [5.41, 5.74) is 2.50. The van der Waals surface area contributed by atoms with E-state index in [1.165, 1.54) is 11.1 Å². The van der Waals surface area contributed by atoms with Gasteiger partial charge in [-0.25, -0.2) is 0 Å². The zero-order valence-electron chi connectivity index (χ0n) is 9.58. The minimum absolute atomic E-state index is 0.132. The van der Waals surface area contributed by atoms with Gasteiger partial charge in [0.05, 0.1) is 0 Å². The molecule has 0 fully saturated rings. The van der Waals surface area contributed by atoms with Crippen LogP contribution in [0.4, 0.5) is 0 Å². The highest BCUT2D eigenvalue weighted by Gasteiger charge is 2.00. The summed E-state index contributed by atoms with van der Waals surface area (Å²) in [4.78, 5) is 10.4. The van der Waals surface area contributed by atoms with Crippen LogP contribution in [0.3, 0.4) is 0 Å². The van der Waals surface area contributed by atoms with Crippen LogP contribution >= 0.6 is 0 Å². The second kappa shape index (κ2) is 7.31. The maximum Gasteiger partial charge on any atom is 0.123 e. The number of carbonyl (C=O) groups excluding carboxylic acids is 1. The third-order valence-electron chi connectivity index (χ3n) is 1.91. The van der Waals surface area contributed by atoms with Crippen molar-refractivity contribution in [3.05, 3.63) is 35.4 Å². The highest BCUT2D eigenvalue weighted by atomic mass is 16.1. The molecular weight excluding hydrogens is 172 g/mol. The molecular formula is C13H20O. The van der Waals surface area contributed by atoms with Gasteiger partial charge in [-0.1, -0.05) is 50.6 Å². The molecule has 0 aliphatic rings. The van der Waals surface area contributed by atoms with E-state index in [1.54, 1.807) is 0 Å². The maximum atomic E-state index is 10.4. The van der Waals surface area contributed by atoms with Crippen molar-refractivity contribution in [2.75, 3.05) is 0 Å². The van der Waals surface area contributed by atoms with Crippen LogP contribution in [-0.4, -0.2) is 6.29 Å². The first-order chi connectivity index (χ1) is 6.72. The van der Waals surface area contributed by atoms with E-state index in [-0.39, 0.29) is 5.92 Å². The normalized spacial score (nSPS) is 11.1. The Balaban J connectivity index is 0.000000791. The fourth-order valence-electron chi connectivity index (χ4n) is 1.14. The minimum atomic E-state index is 0.132. The quantitative estimate of drug-likeness (QED) is 0.671. The van der Waals surface area contributed by atoms with Gasteiger partial charge < -0.3 is 4.79 Å². The molecule has 0 N–H and O–H groups in total. The summed E-state index contributed by atoms with van der Waals surface area (Å²) in [7, 11) is 0. The summed E-state index contributed by atoms with van der Waals surface area (Å²) < 4.78 is 0. The fourth-order valence-corrected chi connectivity index (χ4v) is 1.14. The van der Waals surface area contributed by atoms with Crippen LogP contribution < -0.4 is 0 Å². The Bertz CT molecular complexity index is 248. The predicted molar refractivity (Wildman–Crippen MR) is 61.5 cm³/mol. The third-order valence-corrected chi connectivity index (χ3v) is 1.91. The van der Waals surface area contributed by atoms with Gasteiger partial charge in [0.15, 0.2) is 0 Å². The molecule has 1 atom stereocenters. The van der Waals surface area contributed by atoms with E-state index in [9.17, 15) is 4.79 Å². The summed E-state index contributed by atoms with van der Waals surface area (Å²) in [6.07, 6.45) is 1.85. The molecule has 1 heteroatoms. The van der Waals surface area contributed by atoms with E-state index in [4.69, 9.17) is 0 Å². The lowest BCUT2D eigenvalue weighted by atomic mass is 10.0. The number of rotatable bonds is 3. The van der Waals surface area contributed by atoms with Crippen LogP contribution in [-0.2, 0) is 11.2 Å². The van der Waals surface area contributed by atoms with Gasteiger partial charge in [0, 0.05) is 5.92 Å². The van der Waals surface area contributed by atoms with Crippen molar-refractivity contribution in [1.29, 1.82) is 0 Å². The molecule has 0 heterocycles. The number of aldehydes is 1. The van der Waals surface area contributed by atoms with E-state index in [0.717, 1.165) is 12.7 Å². The molecule has 1 nitrogen and oxygen atoms in total. The second-order valence-electron chi connectivity index (χ2n) is 3.30. The number of aryl methyl sites for hydroxylation is 1. The molecule has 0 aliphatic heterocycles. The van der Waals surface area contributed by atoms with Gasteiger partial charge in [0.25, 0.3) is 0 Å². The average Bonchev–Trinajstić information content (AvgIpc) is 2.24. The molecule has 0 saturated carbocycles. The molecule has 1 aromatic rings. The zero-order chi connectivity index (χ0) is 11.0. The first-order valence-electron chi connectivity index (χ1n) is 5.23. The molecule has 0 amide bonds. The van der Waals surface area contributed by atoms with Gasteiger partial charge in [-0.15, -0.1) is 0 Å². The lowest BCUT2D eigenvalue weighted by Crippen LogP contribution is -2.00. The maximum absolute atomic E-state index is 10.4. The second-order valence-corrected chi connectivity index (χ2v) is 3.30. The van der Waals surface area contributed by atoms with Crippen molar-refractivity contribution in [3.8, 4) is 0 Å². The van der Waals surface area contributed by atoms with Gasteiger partial charge in [0.1, 0.15) is 6.29 Å². The molecule has 14 heavy (non-hydrogen) atoms. The molecule has 0 radical (unpaired) electrons.